The Bertz CT molecular complexity index is 403. The molecule has 0 bridgehead atoms. The molecule has 1 heterocycles. The number of aryl methyl sites for hydroxylation is 1. The number of fused-ring (bicyclic) bond motifs is 1. The van der Waals surface area contributed by atoms with Crippen LogP contribution in [-0.4, -0.2) is 30.6 Å². The average molecular weight is 247 g/mol. The van der Waals surface area contributed by atoms with E-state index >= 15 is 0 Å². The van der Waals surface area contributed by atoms with Gasteiger partial charge in [-0.3, -0.25) is 4.79 Å². The summed E-state index contributed by atoms with van der Waals surface area (Å²) < 4.78 is 5.34. The number of rotatable bonds is 4. The van der Waals surface area contributed by atoms with Crippen LogP contribution < -0.4 is 0 Å². The molecule has 0 fully saturated rings. The normalized spacial score (nSPS) is 15.1. The van der Waals surface area contributed by atoms with E-state index in [4.69, 9.17) is 4.74 Å². The number of amides is 1. The van der Waals surface area contributed by atoms with Gasteiger partial charge in [0.2, 0.25) is 5.91 Å². The zero-order valence-corrected chi connectivity index (χ0v) is 11.0. The SMILES string of the molecule is CCCOCC(=O)N1CCCc2ccccc2C1. The fourth-order valence-corrected chi connectivity index (χ4v) is 2.31. The van der Waals surface area contributed by atoms with E-state index in [9.17, 15) is 4.79 Å². The van der Waals surface area contributed by atoms with Crippen molar-refractivity contribution in [2.75, 3.05) is 19.8 Å². The first-order valence-corrected chi connectivity index (χ1v) is 6.73. The summed E-state index contributed by atoms with van der Waals surface area (Å²) in [6, 6.07) is 8.39. The topological polar surface area (TPSA) is 29.5 Å². The Morgan fingerprint density at radius 2 is 2.11 bits per heavy atom. The molecule has 0 N–H and O–H groups in total. The highest BCUT2D eigenvalue weighted by Gasteiger charge is 2.18. The molecular formula is C15H21NO2. The van der Waals surface area contributed by atoms with Crippen LogP contribution in [-0.2, 0) is 22.5 Å². The van der Waals surface area contributed by atoms with E-state index in [0.717, 1.165) is 32.4 Å². The first-order valence-electron chi connectivity index (χ1n) is 6.73. The van der Waals surface area contributed by atoms with Crippen molar-refractivity contribution in [3.63, 3.8) is 0 Å². The van der Waals surface area contributed by atoms with Crippen LogP contribution in [0.5, 0.6) is 0 Å². The average Bonchev–Trinajstić information content (AvgIpc) is 2.61. The molecule has 1 amide bonds. The highest BCUT2D eigenvalue weighted by molar-refractivity contribution is 5.77. The lowest BCUT2D eigenvalue weighted by Gasteiger charge is -2.20. The molecule has 0 radical (unpaired) electrons. The molecule has 0 atom stereocenters. The van der Waals surface area contributed by atoms with Gasteiger partial charge in [0, 0.05) is 19.7 Å². The van der Waals surface area contributed by atoms with Gasteiger partial charge in [0.25, 0.3) is 0 Å². The number of hydrogen-bond acceptors (Lipinski definition) is 2. The molecule has 0 saturated heterocycles. The van der Waals surface area contributed by atoms with Crippen molar-refractivity contribution in [1.82, 2.24) is 4.90 Å². The molecule has 0 saturated carbocycles. The lowest BCUT2D eigenvalue weighted by Crippen LogP contribution is -2.33. The highest BCUT2D eigenvalue weighted by atomic mass is 16.5. The highest BCUT2D eigenvalue weighted by Crippen LogP contribution is 2.18. The quantitative estimate of drug-likeness (QED) is 0.765. The van der Waals surface area contributed by atoms with Crippen molar-refractivity contribution in [3.8, 4) is 0 Å². The Kier molecular flexibility index (Phi) is 4.76. The second-order valence-electron chi connectivity index (χ2n) is 4.74. The van der Waals surface area contributed by atoms with Crippen molar-refractivity contribution < 1.29 is 9.53 Å². The number of ether oxygens (including phenoxy) is 1. The van der Waals surface area contributed by atoms with Crippen molar-refractivity contribution in [2.45, 2.75) is 32.7 Å². The molecule has 18 heavy (non-hydrogen) atoms. The molecule has 98 valence electrons. The van der Waals surface area contributed by atoms with Gasteiger partial charge in [0.05, 0.1) is 0 Å². The van der Waals surface area contributed by atoms with Crippen LogP contribution in [0.4, 0.5) is 0 Å². The summed E-state index contributed by atoms with van der Waals surface area (Å²) in [6.07, 6.45) is 3.06. The number of carbonyl (C=O) groups is 1. The minimum atomic E-state index is 0.111. The second-order valence-corrected chi connectivity index (χ2v) is 4.74. The van der Waals surface area contributed by atoms with E-state index < -0.39 is 0 Å². The Morgan fingerprint density at radius 3 is 2.89 bits per heavy atom. The predicted octanol–water partition coefficient (Wildman–Crippen LogP) is 2.39. The summed E-state index contributed by atoms with van der Waals surface area (Å²) in [6.45, 7) is 4.49. The molecule has 1 aliphatic heterocycles. The lowest BCUT2D eigenvalue weighted by molar-refractivity contribution is -0.136. The van der Waals surface area contributed by atoms with Gasteiger partial charge in [0.15, 0.2) is 0 Å². The van der Waals surface area contributed by atoms with Gasteiger partial charge in [0.1, 0.15) is 6.61 Å². The maximum atomic E-state index is 12.0. The van der Waals surface area contributed by atoms with E-state index in [1.165, 1.54) is 11.1 Å². The van der Waals surface area contributed by atoms with E-state index in [0.29, 0.717) is 6.61 Å². The minimum absolute atomic E-state index is 0.111. The summed E-state index contributed by atoms with van der Waals surface area (Å²) in [4.78, 5) is 14.0. The molecule has 3 heteroatoms. The van der Waals surface area contributed by atoms with Gasteiger partial charge >= 0.3 is 0 Å². The van der Waals surface area contributed by atoms with Gasteiger partial charge in [-0.15, -0.1) is 0 Å². The zero-order valence-electron chi connectivity index (χ0n) is 11.0. The smallest absolute Gasteiger partial charge is 0.248 e. The third kappa shape index (κ3) is 3.33. The number of benzene rings is 1. The van der Waals surface area contributed by atoms with Crippen molar-refractivity contribution in [2.24, 2.45) is 0 Å². The molecule has 0 unspecified atom stereocenters. The van der Waals surface area contributed by atoms with Gasteiger partial charge in [-0.25, -0.2) is 0 Å². The second kappa shape index (κ2) is 6.55. The van der Waals surface area contributed by atoms with Crippen LogP contribution in [0.25, 0.3) is 0 Å². The van der Waals surface area contributed by atoms with Crippen LogP contribution in [0.15, 0.2) is 24.3 Å². The van der Waals surface area contributed by atoms with Crippen molar-refractivity contribution >= 4 is 5.91 Å². The fourth-order valence-electron chi connectivity index (χ4n) is 2.31. The summed E-state index contributed by atoms with van der Waals surface area (Å²) >= 11 is 0. The summed E-state index contributed by atoms with van der Waals surface area (Å²) in [5.41, 5.74) is 2.65. The molecular weight excluding hydrogens is 226 g/mol. The Labute approximate surface area is 109 Å². The molecule has 2 rings (SSSR count). The van der Waals surface area contributed by atoms with Crippen LogP contribution in [0.1, 0.15) is 30.9 Å². The summed E-state index contributed by atoms with van der Waals surface area (Å²) in [7, 11) is 0. The van der Waals surface area contributed by atoms with Crippen LogP contribution in [0, 0.1) is 0 Å². The zero-order chi connectivity index (χ0) is 12.8. The van der Waals surface area contributed by atoms with Crippen molar-refractivity contribution in [3.05, 3.63) is 35.4 Å². The van der Waals surface area contributed by atoms with Gasteiger partial charge < -0.3 is 9.64 Å². The largest absolute Gasteiger partial charge is 0.372 e. The fraction of sp³-hybridized carbons (Fsp3) is 0.533. The molecule has 3 nitrogen and oxygen atoms in total. The first-order chi connectivity index (χ1) is 8.81. The van der Waals surface area contributed by atoms with Gasteiger partial charge in [-0.05, 0) is 30.4 Å². The molecule has 1 aromatic rings. The Morgan fingerprint density at radius 1 is 1.33 bits per heavy atom. The number of hydrogen-bond donors (Lipinski definition) is 0. The van der Waals surface area contributed by atoms with E-state index in [1.54, 1.807) is 0 Å². The standard InChI is InChI=1S/C15H21NO2/c1-2-10-18-12-15(17)16-9-5-8-13-6-3-4-7-14(13)11-16/h3-4,6-7H,2,5,8-12H2,1H3. The van der Waals surface area contributed by atoms with Gasteiger partial charge in [-0.1, -0.05) is 31.2 Å². The van der Waals surface area contributed by atoms with Gasteiger partial charge in [-0.2, -0.15) is 0 Å². The Hall–Kier alpha value is -1.35. The van der Waals surface area contributed by atoms with Crippen molar-refractivity contribution in [1.29, 1.82) is 0 Å². The molecule has 0 spiro atoms. The summed E-state index contributed by atoms with van der Waals surface area (Å²) in [5.74, 6) is 0.111. The monoisotopic (exact) mass is 247 g/mol. The van der Waals surface area contributed by atoms with E-state index in [-0.39, 0.29) is 12.5 Å². The lowest BCUT2D eigenvalue weighted by atomic mass is 10.0. The number of carbonyl (C=O) groups excluding carboxylic acids is 1. The van der Waals surface area contributed by atoms with E-state index in [2.05, 4.69) is 18.2 Å². The third-order valence-electron chi connectivity index (χ3n) is 3.28. The molecule has 0 aromatic heterocycles. The molecule has 1 aromatic carbocycles. The maximum Gasteiger partial charge on any atom is 0.248 e. The number of nitrogens with zero attached hydrogens (tertiary/aromatic N) is 1. The van der Waals surface area contributed by atoms with Crippen LogP contribution in [0.2, 0.25) is 0 Å². The third-order valence-corrected chi connectivity index (χ3v) is 3.28. The predicted molar refractivity (Wildman–Crippen MR) is 71.3 cm³/mol. The maximum absolute atomic E-state index is 12.0. The van der Waals surface area contributed by atoms with E-state index in [1.807, 2.05) is 17.9 Å². The minimum Gasteiger partial charge on any atom is -0.372 e. The molecule has 1 aliphatic rings. The molecule has 0 aliphatic carbocycles. The first kappa shape index (κ1) is 13.1. The Balaban J connectivity index is 1.97. The van der Waals surface area contributed by atoms with Crippen LogP contribution >= 0.6 is 0 Å². The summed E-state index contributed by atoms with van der Waals surface area (Å²) in [5, 5.41) is 0. The van der Waals surface area contributed by atoms with Crippen LogP contribution in [0.3, 0.4) is 0 Å².